The van der Waals surface area contributed by atoms with Crippen LogP contribution >= 0.6 is 0 Å². The molecule has 0 spiro atoms. The fraction of sp³-hybridized carbons (Fsp3) is 0.357. The fourth-order valence-electron chi connectivity index (χ4n) is 2.09. The highest BCUT2D eigenvalue weighted by atomic mass is 15.0. The van der Waals surface area contributed by atoms with Gasteiger partial charge in [0.2, 0.25) is 0 Å². The van der Waals surface area contributed by atoms with Gasteiger partial charge in [-0.15, -0.1) is 0 Å². The van der Waals surface area contributed by atoms with Crippen LogP contribution in [-0.2, 0) is 0 Å². The number of para-hydroxylation sites is 1. The van der Waals surface area contributed by atoms with Gasteiger partial charge in [0.25, 0.3) is 0 Å². The molecule has 1 aliphatic rings. The van der Waals surface area contributed by atoms with Crippen molar-refractivity contribution < 1.29 is 0 Å². The van der Waals surface area contributed by atoms with Crippen LogP contribution in [0.3, 0.4) is 0 Å². The second-order valence-corrected chi connectivity index (χ2v) is 4.66. The third kappa shape index (κ3) is 1.87. The van der Waals surface area contributed by atoms with Gasteiger partial charge in [0.15, 0.2) is 0 Å². The summed E-state index contributed by atoms with van der Waals surface area (Å²) >= 11 is 0. The molecule has 0 saturated heterocycles. The monoisotopic (exact) mass is 212 g/mol. The zero-order chi connectivity index (χ0) is 11.0. The molecule has 2 aromatic rings. The number of anilines is 1. The van der Waals surface area contributed by atoms with Gasteiger partial charge in [0, 0.05) is 11.4 Å². The first kappa shape index (κ1) is 9.64. The van der Waals surface area contributed by atoms with Crippen LogP contribution in [-0.4, -0.2) is 11.0 Å². The molecule has 16 heavy (non-hydrogen) atoms. The van der Waals surface area contributed by atoms with Gasteiger partial charge >= 0.3 is 0 Å². The van der Waals surface area contributed by atoms with E-state index in [-0.39, 0.29) is 0 Å². The molecule has 1 aromatic carbocycles. The number of nitrogens with one attached hydrogen (secondary N) is 1. The minimum atomic E-state index is 0.550. The van der Waals surface area contributed by atoms with E-state index in [4.69, 9.17) is 0 Å². The Bertz CT molecular complexity index is 503. The number of hydrogen-bond donors (Lipinski definition) is 1. The highest BCUT2D eigenvalue weighted by Gasteiger charge is 2.27. The summed E-state index contributed by atoms with van der Waals surface area (Å²) < 4.78 is 0. The zero-order valence-electron chi connectivity index (χ0n) is 9.48. The summed E-state index contributed by atoms with van der Waals surface area (Å²) in [6, 6.07) is 13.0. The van der Waals surface area contributed by atoms with Crippen LogP contribution < -0.4 is 5.32 Å². The molecule has 1 fully saturated rings. The Morgan fingerprint density at radius 2 is 2.00 bits per heavy atom. The smallest absolute Gasteiger partial charge is 0.126 e. The predicted molar refractivity (Wildman–Crippen MR) is 67.6 cm³/mol. The number of rotatable bonds is 3. The van der Waals surface area contributed by atoms with Crippen molar-refractivity contribution in [2.75, 3.05) is 5.32 Å². The molecule has 1 aliphatic carbocycles. The van der Waals surface area contributed by atoms with Crippen molar-refractivity contribution in [2.24, 2.45) is 5.92 Å². The molecule has 1 atom stereocenters. The summed E-state index contributed by atoms with van der Waals surface area (Å²) in [5.74, 6) is 1.85. The van der Waals surface area contributed by atoms with Crippen molar-refractivity contribution in [1.29, 1.82) is 0 Å². The van der Waals surface area contributed by atoms with E-state index in [0.717, 1.165) is 17.3 Å². The average Bonchev–Trinajstić information content (AvgIpc) is 3.12. The van der Waals surface area contributed by atoms with E-state index in [1.54, 1.807) is 0 Å². The molecular formula is C14H16N2. The van der Waals surface area contributed by atoms with Gasteiger partial charge in [0.1, 0.15) is 5.82 Å². The van der Waals surface area contributed by atoms with Crippen LogP contribution in [0, 0.1) is 5.92 Å². The first-order chi connectivity index (χ1) is 7.83. The molecule has 0 bridgehead atoms. The Morgan fingerprint density at radius 3 is 2.81 bits per heavy atom. The van der Waals surface area contributed by atoms with Gasteiger partial charge in [-0.2, -0.15) is 0 Å². The molecule has 1 N–H and O–H groups in total. The van der Waals surface area contributed by atoms with Crippen molar-refractivity contribution in [1.82, 2.24) is 4.98 Å². The minimum absolute atomic E-state index is 0.550. The highest BCUT2D eigenvalue weighted by Crippen LogP contribution is 2.33. The van der Waals surface area contributed by atoms with E-state index < -0.39 is 0 Å². The molecule has 2 heteroatoms. The van der Waals surface area contributed by atoms with Crippen LogP contribution in [0.4, 0.5) is 5.82 Å². The normalized spacial score (nSPS) is 17.3. The van der Waals surface area contributed by atoms with E-state index in [1.165, 1.54) is 18.2 Å². The first-order valence-electron chi connectivity index (χ1n) is 5.95. The molecule has 1 heterocycles. The molecule has 82 valence electrons. The first-order valence-corrected chi connectivity index (χ1v) is 5.95. The molecule has 2 nitrogen and oxygen atoms in total. The Hall–Kier alpha value is -1.57. The SMILES string of the molecule is CC(Nc1ccc2ccccc2n1)C1CC1. The van der Waals surface area contributed by atoms with Gasteiger partial charge in [-0.3, -0.25) is 0 Å². The van der Waals surface area contributed by atoms with Gasteiger partial charge in [-0.1, -0.05) is 18.2 Å². The van der Waals surface area contributed by atoms with E-state index in [1.807, 2.05) is 12.1 Å². The van der Waals surface area contributed by atoms with Gasteiger partial charge < -0.3 is 5.32 Å². The maximum absolute atomic E-state index is 4.61. The van der Waals surface area contributed by atoms with Crippen molar-refractivity contribution in [3.8, 4) is 0 Å². The second-order valence-electron chi connectivity index (χ2n) is 4.66. The summed E-state index contributed by atoms with van der Waals surface area (Å²) in [4.78, 5) is 4.61. The van der Waals surface area contributed by atoms with Crippen molar-refractivity contribution in [3.63, 3.8) is 0 Å². The third-order valence-electron chi connectivity index (χ3n) is 3.30. The molecule has 0 aliphatic heterocycles. The number of fused-ring (bicyclic) bond motifs is 1. The standard InChI is InChI=1S/C14H16N2/c1-10(11-6-7-11)15-14-9-8-12-4-2-3-5-13(12)16-14/h2-5,8-11H,6-7H2,1H3,(H,15,16). The number of aromatic nitrogens is 1. The number of nitrogens with zero attached hydrogens (tertiary/aromatic N) is 1. The van der Waals surface area contributed by atoms with Crippen LogP contribution in [0.1, 0.15) is 19.8 Å². The van der Waals surface area contributed by atoms with Crippen LogP contribution in [0.5, 0.6) is 0 Å². The summed E-state index contributed by atoms with van der Waals surface area (Å²) in [5.41, 5.74) is 1.07. The highest BCUT2D eigenvalue weighted by molar-refractivity contribution is 5.80. The number of benzene rings is 1. The maximum Gasteiger partial charge on any atom is 0.126 e. The lowest BCUT2D eigenvalue weighted by Crippen LogP contribution is -2.17. The Morgan fingerprint density at radius 1 is 1.19 bits per heavy atom. The molecular weight excluding hydrogens is 196 g/mol. The second kappa shape index (κ2) is 3.78. The van der Waals surface area contributed by atoms with Gasteiger partial charge in [-0.25, -0.2) is 4.98 Å². The Kier molecular flexibility index (Phi) is 2.28. The van der Waals surface area contributed by atoms with E-state index in [2.05, 4.69) is 41.5 Å². The van der Waals surface area contributed by atoms with Crippen LogP contribution in [0.15, 0.2) is 36.4 Å². The Labute approximate surface area is 95.7 Å². The molecule has 1 saturated carbocycles. The summed E-state index contributed by atoms with van der Waals surface area (Å²) in [6.45, 7) is 2.24. The predicted octanol–water partition coefficient (Wildman–Crippen LogP) is 3.45. The molecule has 0 amide bonds. The lowest BCUT2D eigenvalue weighted by molar-refractivity contribution is 0.691. The van der Waals surface area contributed by atoms with Gasteiger partial charge in [-0.05, 0) is 43.9 Å². The largest absolute Gasteiger partial charge is 0.367 e. The lowest BCUT2D eigenvalue weighted by atomic mass is 10.2. The van der Waals surface area contributed by atoms with Crippen LogP contribution in [0.2, 0.25) is 0 Å². The molecule has 1 unspecified atom stereocenters. The van der Waals surface area contributed by atoms with E-state index in [0.29, 0.717) is 6.04 Å². The van der Waals surface area contributed by atoms with E-state index >= 15 is 0 Å². The van der Waals surface area contributed by atoms with E-state index in [9.17, 15) is 0 Å². The third-order valence-corrected chi connectivity index (χ3v) is 3.30. The summed E-state index contributed by atoms with van der Waals surface area (Å²) in [5, 5.41) is 4.69. The van der Waals surface area contributed by atoms with Crippen molar-refractivity contribution in [3.05, 3.63) is 36.4 Å². The minimum Gasteiger partial charge on any atom is -0.367 e. The van der Waals surface area contributed by atoms with Crippen LogP contribution in [0.25, 0.3) is 10.9 Å². The van der Waals surface area contributed by atoms with Gasteiger partial charge in [0.05, 0.1) is 5.52 Å². The number of hydrogen-bond acceptors (Lipinski definition) is 2. The Balaban J connectivity index is 1.86. The topological polar surface area (TPSA) is 24.9 Å². The van der Waals surface area contributed by atoms with Crippen molar-refractivity contribution in [2.45, 2.75) is 25.8 Å². The lowest BCUT2D eigenvalue weighted by Gasteiger charge is -2.13. The maximum atomic E-state index is 4.61. The summed E-state index contributed by atoms with van der Waals surface area (Å²) in [7, 11) is 0. The molecule has 1 aromatic heterocycles. The quantitative estimate of drug-likeness (QED) is 0.843. The fourth-order valence-corrected chi connectivity index (χ4v) is 2.09. The molecule has 0 radical (unpaired) electrons. The zero-order valence-corrected chi connectivity index (χ0v) is 9.48. The average molecular weight is 212 g/mol. The summed E-state index contributed by atoms with van der Waals surface area (Å²) in [6.07, 6.45) is 2.73. The van der Waals surface area contributed by atoms with Crippen molar-refractivity contribution >= 4 is 16.7 Å². The molecule has 3 rings (SSSR count). The number of pyridine rings is 1.